The molecule has 24 heavy (non-hydrogen) atoms. The Hall–Kier alpha value is -2.50. The lowest BCUT2D eigenvalue weighted by atomic mass is 9.97. The highest BCUT2D eigenvalue weighted by Crippen LogP contribution is 2.26. The Morgan fingerprint density at radius 2 is 2.00 bits per heavy atom. The summed E-state index contributed by atoms with van der Waals surface area (Å²) in [5.41, 5.74) is 1.79. The van der Waals surface area contributed by atoms with E-state index in [0.717, 1.165) is 17.7 Å². The van der Waals surface area contributed by atoms with Crippen molar-refractivity contribution < 1.29 is 23.8 Å². The molecule has 6 nitrogen and oxygen atoms in total. The molecule has 0 aliphatic carbocycles. The van der Waals surface area contributed by atoms with Crippen LogP contribution in [-0.2, 0) is 23.8 Å². The Morgan fingerprint density at radius 1 is 1.25 bits per heavy atom. The molecule has 0 bridgehead atoms. The van der Waals surface area contributed by atoms with Gasteiger partial charge in [0.05, 0.1) is 0 Å². The number of nitrogens with one attached hydrogen (secondary N) is 1. The molecule has 1 N–H and O–H groups in total. The van der Waals surface area contributed by atoms with Crippen LogP contribution in [-0.4, -0.2) is 31.2 Å². The minimum Gasteiger partial charge on any atom is -0.493 e. The molecule has 2 rings (SSSR count). The van der Waals surface area contributed by atoms with Gasteiger partial charge in [0.15, 0.2) is 6.10 Å². The summed E-state index contributed by atoms with van der Waals surface area (Å²) in [6, 6.07) is 7.62. The van der Waals surface area contributed by atoms with Crippen LogP contribution in [0.2, 0.25) is 0 Å². The molecular weight excluding hydrogens is 310 g/mol. The van der Waals surface area contributed by atoms with Crippen molar-refractivity contribution in [2.24, 2.45) is 0 Å². The number of carbonyl (C=O) groups excluding carboxylic acids is 2. The van der Waals surface area contributed by atoms with Gasteiger partial charge < -0.3 is 19.5 Å². The summed E-state index contributed by atoms with van der Waals surface area (Å²) < 4.78 is 15.3. The summed E-state index contributed by atoms with van der Waals surface area (Å²) >= 11 is 0. The molecule has 0 fully saturated rings. The number of hydrogen-bond acceptors (Lipinski definition) is 5. The first-order chi connectivity index (χ1) is 11.5. The summed E-state index contributed by atoms with van der Waals surface area (Å²) in [6.45, 7) is 6.38. The van der Waals surface area contributed by atoms with Crippen molar-refractivity contribution in [2.45, 2.75) is 39.2 Å². The Balaban J connectivity index is 1.99. The fourth-order valence-electron chi connectivity index (χ4n) is 2.24. The van der Waals surface area contributed by atoms with Crippen molar-refractivity contribution in [2.75, 3.05) is 18.5 Å². The highest BCUT2D eigenvalue weighted by atomic mass is 16.6. The Labute approximate surface area is 141 Å². The zero-order chi connectivity index (χ0) is 17.5. The van der Waals surface area contributed by atoms with Crippen molar-refractivity contribution in [3.63, 3.8) is 0 Å². The molecule has 2 atom stereocenters. The molecule has 1 heterocycles. The normalized spacial score (nSPS) is 16.0. The van der Waals surface area contributed by atoms with Crippen molar-refractivity contribution >= 4 is 17.6 Å². The molecule has 130 valence electrons. The third-order valence-corrected chi connectivity index (χ3v) is 3.87. The van der Waals surface area contributed by atoms with Gasteiger partial charge in [0.25, 0.3) is 5.91 Å². The molecule has 0 spiro atoms. The van der Waals surface area contributed by atoms with Crippen LogP contribution in [0.1, 0.15) is 38.7 Å². The number of benzene rings is 1. The zero-order valence-electron chi connectivity index (χ0n) is 14.2. The van der Waals surface area contributed by atoms with E-state index >= 15 is 0 Å². The molecule has 0 saturated carbocycles. The lowest BCUT2D eigenvalue weighted by Gasteiger charge is -2.19. The maximum Gasteiger partial charge on any atom is 0.377 e. The number of para-hydroxylation sites is 1. The van der Waals surface area contributed by atoms with Gasteiger partial charge >= 0.3 is 5.97 Å². The Morgan fingerprint density at radius 3 is 2.67 bits per heavy atom. The number of amides is 1. The predicted octanol–water partition coefficient (Wildman–Crippen LogP) is 2.96. The summed E-state index contributed by atoms with van der Waals surface area (Å²) in [6.07, 6.45) is 1.21. The molecule has 0 unspecified atom stereocenters. The molecule has 1 aliphatic rings. The first-order valence-corrected chi connectivity index (χ1v) is 8.08. The third-order valence-electron chi connectivity index (χ3n) is 3.87. The minimum absolute atomic E-state index is 0.0269. The van der Waals surface area contributed by atoms with Gasteiger partial charge in [-0.1, -0.05) is 32.0 Å². The first-order valence-electron chi connectivity index (χ1n) is 8.08. The first kappa shape index (κ1) is 17.8. The van der Waals surface area contributed by atoms with Crippen molar-refractivity contribution in [1.29, 1.82) is 0 Å². The highest BCUT2D eigenvalue weighted by molar-refractivity contribution is 5.97. The van der Waals surface area contributed by atoms with E-state index in [4.69, 9.17) is 14.2 Å². The highest BCUT2D eigenvalue weighted by Gasteiger charge is 2.24. The van der Waals surface area contributed by atoms with Gasteiger partial charge in [0, 0.05) is 5.69 Å². The van der Waals surface area contributed by atoms with E-state index in [9.17, 15) is 9.59 Å². The lowest BCUT2D eigenvalue weighted by Crippen LogP contribution is -2.31. The number of rotatable bonds is 6. The van der Waals surface area contributed by atoms with Gasteiger partial charge in [-0.15, -0.1) is 0 Å². The smallest absolute Gasteiger partial charge is 0.377 e. The van der Waals surface area contributed by atoms with Crippen LogP contribution in [0.4, 0.5) is 5.69 Å². The summed E-state index contributed by atoms with van der Waals surface area (Å²) in [5, 5.41) is 2.83. The largest absolute Gasteiger partial charge is 0.493 e. The zero-order valence-corrected chi connectivity index (χ0v) is 14.2. The van der Waals surface area contributed by atoms with Gasteiger partial charge in [-0.2, -0.15) is 0 Å². The molecule has 0 saturated heterocycles. The van der Waals surface area contributed by atoms with Crippen LogP contribution >= 0.6 is 0 Å². The lowest BCUT2D eigenvalue weighted by molar-refractivity contribution is -0.153. The van der Waals surface area contributed by atoms with E-state index in [-0.39, 0.29) is 12.4 Å². The average molecular weight is 333 g/mol. The summed E-state index contributed by atoms with van der Waals surface area (Å²) in [5.74, 6) is -0.817. The second-order valence-electron chi connectivity index (χ2n) is 5.63. The van der Waals surface area contributed by atoms with Crippen LogP contribution in [0.3, 0.4) is 0 Å². The number of carbonyl (C=O) groups is 2. The molecule has 0 aromatic heterocycles. The molecule has 1 aliphatic heterocycles. The second-order valence-corrected chi connectivity index (χ2v) is 5.63. The van der Waals surface area contributed by atoms with Crippen LogP contribution in [0.15, 0.2) is 36.3 Å². The fraction of sp³-hybridized carbons (Fsp3) is 0.444. The van der Waals surface area contributed by atoms with Gasteiger partial charge in [-0.25, -0.2) is 4.79 Å². The number of esters is 1. The van der Waals surface area contributed by atoms with E-state index < -0.39 is 18.0 Å². The maximum absolute atomic E-state index is 12.3. The van der Waals surface area contributed by atoms with Crippen molar-refractivity contribution in [1.82, 2.24) is 0 Å². The fourth-order valence-corrected chi connectivity index (χ4v) is 2.24. The predicted molar refractivity (Wildman–Crippen MR) is 89.3 cm³/mol. The van der Waals surface area contributed by atoms with Crippen LogP contribution in [0.5, 0.6) is 0 Å². The molecule has 1 amide bonds. The number of anilines is 1. The Bertz CT molecular complexity index is 626. The second kappa shape index (κ2) is 8.38. The minimum atomic E-state index is -0.950. The third kappa shape index (κ3) is 4.50. The maximum atomic E-state index is 12.3. The van der Waals surface area contributed by atoms with Crippen LogP contribution in [0.25, 0.3) is 0 Å². The number of ether oxygens (including phenoxy) is 3. The molecule has 1 aromatic rings. The molecule has 0 radical (unpaired) electrons. The van der Waals surface area contributed by atoms with Crippen molar-refractivity contribution in [3.05, 3.63) is 41.9 Å². The van der Waals surface area contributed by atoms with E-state index in [2.05, 4.69) is 19.2 Å². The van der Waals surface area contributed by atoms with Crippen LogP contribution in [0, 0.1) is 0 Å². The molecule has 6 heteroatoms. The van der Waals surface area contributed by atoms with E-state index in [0.29, 0.717) is 12.5 Å². The van der Waals surface area contributed by atoms with Crippen molar-refractivity contribution in [3.8, 4) is 0 Å². The van der Waals surface area contributed by atoms with Gasteiger partial charge in [0.2, 0.25) is 5.76 Å². The molecule has 1 aromatic carbocycles. The monoisotopic (exact) mass is 333 g/mol. The Kier molecular flexibility index (Phi) is 6.23. The van der Waals surface area contributed by atoms with E-state index in [1.54, 1.807) is 0 Å². The average Bonchev–Trinajstić information content (AvgIpc) is 2.62. The van der Waals surface area contributed by atoms with E-state index in [1.807, 2.05) is 24.3 Å². The van der Waals surface area contributed by atoms with Gasteiger partial charge in [-0.3, -0.25) is 4.79 Å². The van der Waals surface area contributed by atoms with E-state index in [1.165, 1.54) is 13.2 Å². The summed E-state index contributed by atoms with van der Waals surface area (Å²) in [4.78, 5) is 24.2. The van der Waals surface area contributed by atoms with Gasteiger partial charge in [-0.05, 0) is 30.9 Å². The SMILES string of the molecule is CC[C@H](C)c1ccccc1NC(=O)[C@H](C)OC(=O)C1=COCCO1. The quantitative estimate of drug-likeness (QED) is 0.810. The van der Waals surface area contributed by atoms with Gasteiger partial charge in [0.1, 0.15) is 19.5 Å². The molecular formula is C18H23NO5. The number of hydrogen-bond donors (Lipinski definition) is 1. The standard InChI is InChI=1S/C18H23NO5/c1-4-12(2)14-7-5-6-8-15(14)19-17(20)13(3)24-18(21)16-11-22-9-10-23-16/h5-8,11-13H,4,9-10H2,1-3H3,(H,19,20)/t12-,13-/m0/s1. The summed E-state index contributed by atoms with van der Waals surface area (Å²) in [7, 11) is 0. The van der Waals surface area contributed by atoms with Crippen LogP contribution < -0.4 is 5.32 Å². The topological polar surface area (TPSA) is 73.9 Å².